The minimum Gasteiger partial charge on any atom is -0.381 e. The molecule has 0 bridgehead atoms. The average Bonchev–Trinajstić information content (AvgIpc) is 2.28. The summed E-state index contributed by atoms with van der Waals surface area (Å²) in [5.41, 5.74) is 0. The molecule has 1 rings (SSSR count). The number of carbonyl (C=O) groups excluding carboxylic acids is 1. The van der Waals surface area contributed by atoms with Crippen LogP contribution in [0, 0.1) is 5.92 Å². The lowest BCUT2D eigenvalue weighted by atomic mass is 9.84. The Morgan fingerprint density at radius 3 is 2.94 bits per heavy atom. The van der Waals surface area contributed by atoms with Crippen LogP contribution < -0.4 is 5.32 Å². The number of ketones is 1. The first-order valence-corrected chi connectivity index (χ1v) is 6.30. The molecule has 0 aliphatic heterocycles. The summed E-state index contributed by atoms with van der Waals surface area (Å²) in [6.45, 7) is 5.47. The van der Waals surface area contributed by atoms with E-state index in [-0.39, 0.29) is 23.1 Å². The Labute approximate surface area is 103 Å². The second-order valence-electron chi connectivity index (χ2n) is 4.35. The van der Waals surface area contributed by atoms with Crippen molar-refractivity contribution in [2.24, 2.45) is 5.92 Å². The lowest BCUT2D eigenvalue weighted by molar-refractivity contribution is -0.125. The van der Waals surface area contributed by atoms with E-state index in [4.69, 9.17) is 11.6 Å². The number of carbonyl (C=O) groups is 1. The molecule has 3 atom stereocenters. The molecule has 0 heterocycles. The van der Waals surface area contributed by atoms with Gasteiger partial charge in [-0.2, -0.15) is 0 Å². The zero-order chi connectivity index (χ0) is 12.0. The fraction of sp³-hybridized carbons (Fsp3) is 0.615. The third-order valence-electron chi connectivity index (χ3n) is 3.02. The Morgan fingerprint density at radius 1 is 1.56 bits per heavy atom. The zero-order valence-corrected chi connectivity index (χ0v) is 10.5. The predicted molar refractivity (Wildman–Crippen MR) is 68.5 cm³/mol. The molecule has 0 aromatic heterocycles. The number of Topliss-reactive ketones (excluding diaryl/α,β-unsaturated/α-hetero) is 1. The molecule has 1 fully saturated rings. The van der Waals surface area contributed by atoms with Gasteiger partial charge in [0.1, 0.15) is 0 Å². The summed E-state index contributed by atoms with van der Waals surface area (Å²) in [5, 5.41) is 3.23. The van der Waals surface area contributed by atoms with E-state index in [0.29, 0.717) is 0 Å². The van der Waals surface area contributed by atoms with Gasteiger partial charge in [0.2, 0.25) is 0 Å². The van der Waals surface area contributed by atoms with Crippen molar-refractivity contribution in [2.75, 3.05) is 0 Å². The topological polar surface area (TPSA) is 29.1 Å². The van der Waals surface area contributed by atoms with Crippen LogP contribution in [0.3, 0.4) is 0 Å². The van der Waals surface area contributed by atoms with Crippen LogP contribution in [0.1, 0.15) is 32.6 Å². The Balaban J connectivity index is 2.42. The number of hydrogen-bond acceptors (Lipinski definition) is 2. The molecular formula is C13H20ClNO. The Hall–Kier alpha value is -0.760. The summed E-state index contributed by atoms with van der Waals surface area (Å²) < 4.78 is 0. The van der Waals surface area contributed by atoms with Gasteiger partial charge >= 0.3 is 0 Å². The highest BCUT2D eigenvalue weighted by molar-refractivity contribution is 6.20. The maximum absolute atomic E-state index is 12.1. The summed E-state index contributed by atoms with van der Waals surface area (Å²) in [4.78, 5) is 12.1. The molecule has 0 spiro atoms. The SMILES string of the molecule is C=C/C=C/NC(C)C(=O)C1CCCC(Cl)C1. The van der Waals surface area contributed by atoms with Gasteiger partial charge in [-0.3, -0.25) is 4.79 Å². The van der Waals surface area contributed by atoms with Crippen LogP contribution in [0.25, 0.3) is 0 Å². The highest BCUT2D eigenvalue weighted by Gasteiger charge is 2.28. The summed E-state index contributed by atoms with van der Waals surface area (Å²) in [6.07, 6.45) is 9.16. The average molecular weight is 242 g/mol. The molecule has 90 valence electrons. The van der Waals surface area contributed by atoms with Gasteiger partial charge in [0.05, 0.1) is 6.04 Å². The first kappa shape index (κ1) is 13.3. The largest absolute Gasteiger partial charge is 0.381 e. The van der Waals surface area contributed by atoms with Crippen LogP contribution in [-0.4, -0.2) is 17.2 Å². The lowest BCUT2D eigenvalue weighted by Crippen LogP contribution is -2.37. The number of rotatable bonds is 5. The fourth-order valence-corrected chi connectivity index (χ4v) is 2.46. The third-order valence-corrected chi connectivity index (χ3v) is 3.41. The van der Waals surface area contributed by atoms with E-state index >= 15 is 0 Å². The zero-order valence-electron chi connectivity index (χ0n) is 9.79. The quantitative estimate of drug-likeness (QED) is 0.592. The normalized spacial score (nSPS) is 27.6. The smallest absolute Gasteiger partial charge is 0.157 e. The van der Waals surface area contributed by atoms with E-state index in [1.165, 1.54) is 0 Å². The van der Waals surface area contributed by atoms with Gasteiger partial charge in [-0.15, -0.1) is 11.6 Å². The molecule has 2 nitrogen and oxygen atoms in total. The van der Waals surface area contributed by atoms with Crippen molar-refractivity contribution in [3.8, 4) is 0 Å². The molecule has 0 saturated heterocycles. The summed E-state index contributed by atoms with van der Waals surface area (Å²) >= 11 is 6.09. The Kier molecular flexibility index (Phi) is 5.61. The van der Waals surface area contributed by atoms with Crippen molar-refractivity contribution in [1.82, 2.24) is 5.32 Å². The van der Waals surface area contributed by atoms with Crippen LogP contribution in [0.5, 0.6) is 0 Å². The predicted octanol–water partition coefficient (Wildman–Crippen LogP) is 3.03. The number of alkyl halides is 1. The van der Waals surface area contributed by atoms with E-state index in [0.717, 1.165) is 25.7 Å². The maximum Gasteiger partial charge on any atom is 0.157 e. The minimum absolute atomic E-state index is 0.135. The second kappa shape index (κ2) is 6.74. The van der Waals surface area contributed by atoms with Gasteiger partial charge in [0, 0.05) is 11.3 Å². The molecule has 0 aromatic carbocycles. The number of allylic oxidation sites excluding steroid dienone is 2. The van der Waals surface area contributed by atoms with Gasteiger partial charge in [-0.05, 0) is 38.5 Å². The molecule has 1 aliphatic rings. The number of nitrogens with one attached hydrogen (secondary N) is 1. The minimum atomic E-state index is -0.136. The van der Waals surface area contributed by atoms with Crippen LogP contribution in [0.4, 0.5) is 0 Å². The van der Waals surface area contributed by atoms with Crippen LogP contribution in [-0.2, 0) is 4.79 Å². The van der Waals surface area contributed by atoms with E-state index in [9.17, 15) is 4.79 Å². The maximum atomic E-state index is 12.1. The number of hydrogen-bond donors (Lipinski definition) is 1. The van der Waals surface area contributed by atoms with E-state index in [1.54, 1.807) is 18.4 Å². The molecule has 16 heavy (non-hydrogen) atoms. The fourth-order valence-electron chi connectivity index (χ4n) is 2.09. The molecule has 3 unspecified atom stereocenters. The standard InChI is InChI=1S/C13H20ClNO/c1-3-4-8-15-10(2)13(16)11-6-5-7-12(14)9-11/h3-4,8,10-12,15H,1,5-7,9H2,2H3/b8-4+. The molecule has 0 radical (unpaired) electrons. The summed E-state index contributed by atoms with van der Waals surface area (Å²) in [5.74, 6) is 0.412. The van der Waals surface area contributed by atoms with Crippen molar-refractivity contribution in [3.05, 3.63) is 24.9 Å². The molecule has 1 aliphatic carbocycles. The summed E-state index contributed by atoms with van der Waals surface area (Å²) in [6, 6.07) is -0.136. The molecule has 1 saturated carbocycles. The second-order valence-corrected chi connectivity index (χ2v) is 4.96. The van der Waals surface area contributed by atoms with Crippen molar-refractivity contribution >= 4 is 17.4 Å². The molecular weight excluding hydrogens is 222 g/mol. The van der Waals surface area contributed by atoms with Gasteiger partial charge in [-0.1, -0.05) is 19.1 Å². The monoisotopic (exact) mass is 241 g/mol. The molecule has 0 aromatic rings. The molecule has 3 heteroatoms. The van der Waals surface area contributed by atoms with Crippen molar-refractivity contribution < 1.29 is 4.79 Å². The van der Waals surface area contributed by atoms with E-state index < -0.39 is 0 Å². The van der Waals surface area contributed by atoms with Crippen molar-refractivity contribution in [1.29, 1.82) is 0 Å². The van der Waals surface area contributed by atoms with Gasteiger partial charge in [-0.25, -0.2) is 0 Å². The van der Waals surface area contributed by atoms with Crippen LogP contribution in [0.15, 0.2) is 24.9 Å². The highest BCUT2D eigenvalue weighted by Crippen LogP contribution is 2.29. The van der Waals surface area contributed by atoms with Crippen LogP contribution >= 0.6 is 11.6 Å². The summed E-state index contributed by atoms with van der Waals surface area (Å²) in [7, 11) is 0. The third kappa shape index (κ3) is 4.01. The number of halogens is 1. The van der Waals surface area contributed by atoms with Gasteiger partial charge in [0.15, 0.2) is 5.78 Å². The van der Waals surface area contributed by atoms with Gasteiger partial charge in [0.25, 0.3) is 0 Å². The van der Waals surface area contributed by atoms with Crippen LogP contribution in [0.2, 0.25) is 0 Å². The lowest BCUT2D eigenvalue weighted by Gasteiger charge is -2.26. The van der Waals surface area contributed by atoms with E-state index in [1.807, 2.05) is 6.92 Å². The Morgan fingerprint density at radius 2 is 2.31 bits per heavy atom. The Bertz CT molecular complexity index is 275. The first-order chi connectivity index (χ1) is 7.65. The van der Waals surface area contributed by atoms with Crippen molar-refractivity contribution in [3.63, 3.8) is 0 Å². The first-order valence-electron chi connectivity index (χ1n) is 5.86. The van der Waals surface area contributed by atoms with E-state index in [2.05, 4.69) is 11.9 Å². The molecule has 1 N–H and O–H groups in total. The highest BCUT2D eigenvalue weighted by atomic mass is 35.5. The molecule has 0 amide bonds. The van der Waals surface area contributed by atoms with Crippen molar-refractivity contribution in [2.45, 2.75) is 44.0 Å². The van der Waals surface area contributed by atoms with Gasteiger partial charge < -0.3 is 5.32 Å².